The van der Waals surface area contributed by atoms with E-state index in [9.17, 15) is 9.59 Å². The highest BCUT2D eigenvalue weighted by Gasteiger charge is 2.56. The summed E-state index contributed by atoms with van der Waals surface area (Å²) in [4.78, 5) is 31.8. The molecule has 1 saturated carbocycles. The third-order valence-corrected chi connectivity index (χ3v) is 5.78. The molecule has 6 heteroatoms. The summed E-state index contributed by atoms with van der Waals surface area (Å²) in [5.74, 6) is 0.0437. The van der Waals surface area contributed by atoms with Gasteiger partial charge in [0.25, 0.3) is 0 Å². The van der Waals surface area contributed by atoms with Crippen LogP contribution in [0.5, 0.6) is 0 Å². The predicted molar refractivity (Wildman–Crippen MR) is 80.7 cm³/mol. The maximum absolute atomic E-state index is 13.1. The van der Waals surface area contributed by atoms with Gasteiger partial charge in [-0.15, -0.1) is 11.3 Å². The lowest BCUT2D eigenvalue weighted by molar-refractivity contribution is -0.163. The standard InChI is InChI=1S/C15H21N3O2S/c1-3-14(2)12(19)17-15(6-4-5-7-15)13(20)18(14)10-11-16-8-9-21-11/h8-9H,3-7,10H2,1-2H3,(H,17,19). The van der Waals surface area contributed by atoms with Crippen molar-refractivity contribution < 1.29 is 9.59 Å². The first-order valence-corrected chi connectivity index (χ1v) is 8.43. The van der Waals surface area contributed by atoms with Gasteiger partial charge in [-0.1, -0.05) is 19.8 Å². The van der Waals surface area contributed by atoms with Gasteiger partial charge in [-0.3, -0.25) is 9.59 Å². The minimum absolute atomic E-state index is 0.0249. The van der Waals surface area contributed by atoms with Crippen molar-refractivity contribution in [2.45, 2.75) is 63.6 Å². The van der Waals surface area contributed by atoms with Crippen LogP contribution in [-0.4, -0.2) is 32.8 Å². The zero-order valence-corrected chi connectivity index (χ0v) is 13.3. The monoisotopic (exact) mass is 307 g/mol. The van der Waals surface area contributed by atoms with Crippen molar-refractivity contribution in [2.24, 2.45) is 0 Å². The fraction of sp³-hybridized carbons (Fsp3) is 0.667. The predicted octanol–water partition coefficient (Wildman–Crippen LogP) is 2.08. The molecule has 5 nitrogen and oxygen atoms in total. The van der Waals surface area contributed by atoms with Gasteiger partial charge in [-0.25, -0.2) is 4.98 Å². The second kappa shape index (κ2) is 5.09. The molecule has 2 fully saturated rings. The fourth-order valence-corrected chi connectivity index (χ4v) is 4.00. The smallest absolute Gasteiger partial charge is 0.249 e. The van der Waals surface area contributed by atoms with Crippen LogP contribution >= 0.6 is 11.3 Å². The molecule has 3 rings (SSSR count). The van der Waals surface area contributed by atoms with E-state index in [-0.39, 0.29) is 11.8 Å². The molecular formula is C15H21N3O2S. The Bertz CT molecular complexity index is 551. The number of amides is 2. The van der Waals surface area contributed by atoms with E-state index in [1.165, 1.54) is 11.3 Å². The topological polar surface area (TPSA) is 62.3 Å². The molecule has 1 saturated heterocycles. The molecule has 1 aromatic rings. The van der Waals surface area contributed by atoms with Crippen molar-refractivity contribution in [3.63, 3.8) is 0 Å². The fourth-order valence-electron chi connectivity index (χ4n) is 3.39. The summed E-state index contributed by atoms with van der Waals surface area (Å²) in [7, 11) is 0. The van der Waals surface area contributed by atoms with Crippen molar-refractivity contribution in [3.05, 3.63) is 16.6 Å². The van der Waals surface area contributed by atoms with E-state index < -0.39 is 11.1 Å². The third kappa shape index (κ3) is 2.16. The molecule has 2 aliphatic rings. The van der Waals surface area contributed by atoms with Crippen LogP contribution in [0, 0.1) is 0 Å². The maximum Gasteiger partial charge on any atom is 0.249 e. The summed E-state index contributed by atoms with van der Waals surface area (Å²) < 4.78 is 0. The van der Waals surface area contributed by atoms with Gasteiger partial charge in [-0.05, 0) is 26.2 Å². The summed E-state index contributed by atoms with van der Waals surface area (Å²) in [6.45, 7) is 4.24. The van der Waals surface area contributed by atoms with Gasteiger partial charge in [0.1, 0.15) is 16.1 Å². The molecule has 1 aliphatic carbocycles. The van der Waals surface area contributed by atoms with E-state index >= 15 is 0 Å². The Labute approximate surface area is 128 Å². The van der Waals surface area contributed by atoms with E-state index in [1.54, 1.807) is 11.1 Å². The molecule has 0 radical (unpaired) electrons. The number of nitrogens with zero attached hydrogens (tertiary/aromatic N) is 2. The Hall–Kier alpha value is -1.43. The highest BCUT2D eigenvalue weighted by molar-refractivity contribution is 7.09. The normalized spacial score (nSPS) is 28.2. The number of hydrogen-bond donors (Lipinski definition) is 1. The van der Waals surface area contributed by atoms with Crippen LogP contribution in [0.3, 0.4) is 0 Å². The van der Waals surface area contributed by atoms with Gasteiger partial charge < -0.3 is 10.2 Å². The summed E-state index contributed by atoms with van der Waals surface area (Å²) in [5.41, 5.74) is -1.44. The van der Waals surface area contributed by atoms with E-state index in [4.69, 9.17) is 0 Å². The number of piperazine rings is 1. The average molecular weight is 307 g/mol. The summed E-state index contributed by atoms with van der Waals surface area (Å²) >= 11 is 1.53. The van der Waals surface area contributed by atoms with Crippen LogP contribution in [0.25, 0.3) is 0 Å². The lowest BCUT2D eigenvalue weighted by atomic mass is 9.83. The number of rotatable bonds is 3. The molecule has 1 spiro atoms. The van der Waals surface area contributed by atoms with Crippen molar-refractivity contribution in [3.8, 4) is 0 Å². The zero-order valence-electron chi connectivity index (χ0n) is 12.5. The zero-order chi connectivity index (χ0) is 15.1. The molecule has 1 N–H and O–H groups in total. The van der Waals surface area contributed by atoms with E-state index in [0.29, 0.717) is 13.0 Å². The van der Waals surface area contributed by atoms with Crippen molar-refractivity contribution in [2.75, 3.05) is 0 Å². The minimum Gasteiger partial charge on any atom is -0.340 e. The van der Waals surface area contributed by atoms with Gasteiger partial charge in [0, 0.05) is 11.6 Å². The van der Waals surface area contributed by atoms with Gasteiger partial charge in [0.05, 0.1) is 6.54 Å². The molecule has 2 heterocycles. The van der Waals surface area contributed by atoms with Crippen LogP contribution in [0.2, 0.25) is 0 Å². The third-order valence-electron chi connectivity index (χ3n) is 5.01. The van der Waals surface area contributed by atoms with Gasteiger partial charge in [0.15, 0.2) is 0 Å². The van der Waals surface area contributed by atoms with Crippen LogP contribution < -0.4 is 5.32 Å². The first-order chi connectivity index (χ1) is 10.0. The number of aromatic nitrogens is 1. The molecule has 2 amide bonds. The van der Waals surface area contributed by atoms with Crippen molar-refractivity contribution in [1.29, 1.82) is 0 Å². The van der Waals surface area contributed by atoms with E-state index in [2.05, 4.69) is 10.3 Å². The van der Waals surface area contributed by atoms with E-state index in [0.717, 1.165) is 30.7 Å². The number of carbonyl (C=O) groups is 2. The lowest BCUT2D eigenvalue weighted by Gasteiger charge is -2.49. The SMILES string of the molecule is CCC1(C)C(=O)NC2(CCCC2)C(=O)N1Cc1nccs1. The van der Waals surface area contributed by atoms with Gasteiger partial charge in [0.2, 0.25) is 11.8 Å². The summed E-state index contributed by atoms with van der Waals surface area (Å²) in [6, 6.07) is 0. The number of hydrogen-bond acceptors (Lipinski definition) is 4. The van der Waals surface area contributed by atoms with Crippen LogP contribution in [0.1, 0.15) is 51.0 Å². The number of nitrogens with one attached hydrogen (secondary N) is 1. The minimum atomic E-state index is -0.781. The molecule has 1 aromatic heterocycles. The summed E-state index contributed by atoms with van der Waals surface area (Å²) in [6.07, 6.45) is 5.85. The van der Waals surface area contributed by atoms with Gasteiger partial charge in [-0.2, -0.15) is 0 Å². The van der Waals surface area contributed by atoms with Crippen molar-refractivity contribution >= 4 is 23.2 Å². The highest BCUT2D eigenvalue weighted by Crippen LogP contribution is 2.39. The molecule has 1 unspecified atom stereocenters. The summed E-state index contributed by atoms with van der Waals surface area (Å²) in [5, 5.41) is 5.83. The Balaban J connectivity index is 1.97. The molecule has 0 bridgehead atoms. The first kappa shape index (κ1) is 14.5. The Kier molecular flexibility index (Phi) is 3.51. The van der Waals surface area contributed by atoms with Crippen LogP contribution in [0.4, 0.5) is 0 Å². The average Bonchev–Trinajstić information content (AvgIpc) is 3.14. The molecular weight excluding hydrogens is 286 g/mol. The molecule has 21 heavy (non-hydrogen) atoms. The number of thiazole rings is 1. The Morgan fingerprint density at radius 1 is 1.38 bits per heavy atom. The molecule has 1 atom stereocenters. The quantitative estimate of drug-likeness (QED) is 0.930. The maximum atomic E-state index is 13.1. The highest BCUT2D eigenvalue weighted by atomic mass is 32.1. The Morgan fingerprint density at radius 2 is 2.10 bits per heavy atom. The first-order valence-electron chi connectivity index (χ1n) is 7.55. The number of carbonyl (C=O) groups excluding carboxylic acids is 2. The van der Waals surface area contributed by atoms with E-state index in [1.807, 2.05) is 19.2 Å². The van der Waals surface area contributed by atoms with Crippen LogP contribution in [0.15, 0.2) is 11.6 Å². The Morgan fingerprint density at radius 3 is 2.67 bits per heavy atom. The van der Waals surface area contributed by atoms with Crippen molar-refractivity contribution in [1.82, 2.24) is 15.2 Å². The largest absolute Gasteiger partial charge is 0.340 e. The second-order valence-electron chi connectivity index (χ2n) is 6.19. The molecule has 0 aromatic carbocycles. The second-order valence-corrected chi connectivity index (χ2v) is 7.17. The molecule has 1 aliphatic heterocycles. The van der Waals surface area contributed by atoms with Crippen LogP contribution in [-0.2, 0) is 16.1 Å². The lowest BCUT2D eigenvalue weighted by Crippen LogP contribution is -2.73. The molecule has 114 valence electrons. The van der Waals surface area contributed by atoms with Gasteiger partial charge >= 0.3 is 0 Å².